The predicted octanol–water partition coefficient (Wildman–Crippen LogP) is 3.18. The van der Waals surface area contributed by atoms with E-state index in [1.807, 2.05) is 34.6 Å². The normalized spacial score (nSPS) is 45.5. The number of aliphatic hydroxyl groups excluding tert-OH is 3. The van der Waals surface area contributed by atoms with E-state index in [9.17, 15) is 40.5 Å². The molecule has 0 unspecified atom stereocenters. The van der Waals surface area contributed by atoms with Gasteiger partial charge in [-0.15, -0.1) is 0 Å². The number of aromatic hydroxyl groups is 2. The van der Waals surface area contributed by atoms with Gasteiger partial charge in [0.2, 0.25) is 0 Å². The largest absolute Gasteiger partial charge is 0.504 e. The lowest BCUT2D eigenvalue weighted by molar-refractivity contribution is -0.181. The molecule has 10 nitrogen and oxygen atoms in total. The van der Waals surface area contributed by atoms with Crippen LogP contribution in [-0.4, -0.2) is 96.5 Å². The standard InChI is InChI=1S/C37H54O10/c1-18(2)19(3)30(42)33-36(6,44)32-27(47-33)17-37(45)22-15-25(41)29-28(20-8-9-23(39)24(40)14-20)31(43)26(46-13-7-12-38)16-34(29,4)21(22)10-11-35(32,37)5/h8-9,14-15,18-19,21,26-33,38-40,42-45H,7,10-13,16-17H2,1-6H3/t19-,21+,26-,27-,28+,29-,30-,31-,32+,33+,34+,35+,36+,37-/m0/s1. The lowest BCUT2D eigenvalue weighted by atomic mass is 9.43. The van der Waals surface area contributed by atoms with E-state index in [-0.39, 0.29) is 54.7 Å². The van der Waals surface area contributed by atoms with E-state index in [1.54, 1.807) is 19.1 Å². The maximum atomic E-state index is 14.4. The molecule has 7 N–H and O–H groups in total. The summed E-state index contributed by atoms with van der Waals surface area (Å²) in [5, 5.41) is 77.8. The Labute approximate surface area is 277 Å². The fourth-order valence-corrected chi connectivity index (χ4v) is 10.9. The average Bonchev–Trinajstić information content (AvgIpc) is 3.41. The number of phenols is 2. The Morgan fingerprint density at radius 3 is 2.40 bits per heavy atom. The molecule has 0 bridgehead atoms. The van der Waals surface area contributed by atoms with Crippen LogP contribution in [0.5, 0.6) is 11.5 Å². The second-order valence-electron chi connectivity index (χ2n) is 16.4. The summed E-state index contributed by atoms with van der Waals surface area (Å²) in [6.45, 7) is 11.9. The molecule has 5 aliphatic rings. The molecule has 0 radical (unpaired) electrons. The van der Waals surface area contributed by atoms with Crippen LogP contribution in [0.3, 0.4) is 0 Å². The van der Waals surface area contributed by atoms with Crippen LogP contribution in [0.25, 0.3) is 0 Å². The Balaban J connectivity index is 1.40. The van der Waals surface area contributed by atoms with Crippen molar-refractivity contribution < 1.29 is 50.0 Å². The number of rotatable bonds is 8. The van der Waals surface area contributed by atoms with Gasteiger partial charge in [0.1, 0.15) is 6.10 Å². The lowest BCUT2D eigenvalue weighted by Gasteiger charge is -2.62. The molecule has 0 amide bonds. The van der Waals surface area contributed by atoms with Crippen LogP contribution < -0.4 is 0 Å². The van der Waals surface area contributed by atoms with Crippen molar-refractivity contribution in [3.8, 4) is 11.5 Å². The van der Waals surface area contributed by atoms with Crippen LogP contribution in [0, 0.1) is 40.4 Å². The lowest BCUT2D eigenvalue weighted by Crippen LogP contribution is -2.64. The third-order valence-electron chi connectivity index (χ3n) is 13.6. The Kier molecular flexibility index (Phi) is 8.72. The van der Waals surface area contributed by atoms with Crippen molar-refractivity contribution in [2.24, 2.45) is 40.4 Å². The minimum Gasteiger partial charge on any atom is -0.504 e. The van der Waals surface area contributed by atoms with Crippen molar-refractivity contribution in [1.82, 2.24) is 0 Å². The topological polar surface area (TPSA) is 177 Å². The summed E-state index contributed by atoms with van der Waals surface area (Å²) < 4.78 is 12.7. The first-order chi connectivity index (χ1) is 21.9. The maximum absolute atomic E-state index is 14.4. The van der Waals surface area contributed by atoms with E-state index < -0.39 is 70.3 Å². The molecule has 1 saturated heterocycles. The Bertz CT molecular complexity index is 1410. The van der Waals surface area contributed by atoms with E-state index in [1.165, 1.54) is 12.1 Å². The SMILES string of the molecule is CC(C)[C@H](C)[C@H](O)[C@H]1O[C@H]2C[C@]3(O)C4=CC(=O)[C@H]5[C@@H](c6ccc(O)c(O)c6)[C@@H](O)[C@@H](OCCCO)C[C@]5(C)[C@@H]4CC[C@]3(C)[C@@H]2[C@@]1(C)O. The first-order valence-corrected chi connectivity index (χ1v) is 17.4. The molecule has 4 aliphatic carbocycles. The minimum absolute atomic E-state index is 0.0694. The van der Waals surface area contributed by atoms with Crippen LogP contribution in [-0.2, 0) is 14.3 Å². The number of benzene rings is 1. The number of allylic oxidation sites excluding steroid dienone is 1. The van der Waals surface area contributed by atoms with Crippen LogP contribution in [0.15, 0.2) is 29.8 Å². The first-order valence-electron chi connectivity index (χ1n) is 17.4. The second-order valence-corrected chi connectivity index (χ2v) is 16.4. The molecule has 0 aromatic heterocycles. The monoisotopic (exact) mass is 658 g/mol. The summed E-state index contributed by atoms with van der Waals surface area (Å²) in [4.78, 5) is 14.4. The van der Waals surface area contributed by atoms with E-state index in [0.29, 0.717) is 36.8 Å². The second kappa shape index (κ2) is 11.8. The van der Waals surface area contributed by atoms with Gasteiger partial charge in [-0.25, -0.2) is 0 Å². The van der Waals surface area contributed by atoms with Gasteiger partial charge in [0, 0.05) is 42.8 Å². The highest BCUT2D eigenvalue weighted by Gasteiger charge is 2.75. The van der Waals surface area contributed by atoms with Crippen LogP contribution in [0.4, 0.5) is 0 Å². The van der Waals surface area contributed by atoms with Crippen molar-refractivity contribution in [1.29, 1.82) is 0 Å². The summed E-state index contributed by atoms with van der Waals surface area (Å²) in [6, 6.07) is 4.35. The van der Waals surface area contributed by atoms with E-state index in [0.717, 1.165) is 0 Å². The number of ketones is 1. The Morgan fingerprint density at radius 1 is 1.06 bits per heavy atom. The fourth-order valence-electron chi connectivity index (χ4n) is 10.9. The van der Waals surface area contributed by atoms with E-state index >= 15 is 0 Å². The van der Waals surface area contributed by atoms with Crippen molar-refractivity contribution in [2.75, 3.05) is 13.2 Å². The van der Waals surface area contributed by atoms with Gasteiger partial charge >= 0.3 is 0 Å². The van der Waals surface area contributed by atoms with Crippen molar-refractivity contribution in [2.45, 2.75) is 121 Å². The van der Waals surface area contributed by atoms with Gasteiger partial charge in [0.25, 0.3) is 0 Å². The van der Waals surface area contributed by atoms with Gasteiger partial charge in [0.05, 0.1) is 35.6 Å². The van der Waals surface area contributed by atoms with Gasteiger partial charge in [0.15, 0.2) is 17.3 Å². The molecule has 1 aromatic rings. The van der Waals surface area contributed by atoms with Crippen molar-refractivity contribution >= 4 is 5.78 Å². The van der Waals surface area contributed by atoms with Gasteiger partial charge in [-0.1, -0.05) is 40.7 Å². The van der Waals surface area contributed by atoms with E-state index in [4.69, 9.17) is 9.47 Å². The van der Waals surface area contributed by atoms with Gasteiger partial charge < -0.3 is 45.2 Å². The highest BCUT2D eigenvalue weighted by molar-refractivity contribution is 5.96. The molecule has 0 spiro atoms. The number of carbonyl (C=O) groups excluding carboxylic acids is 1. The number of hydrogen-bond donors (Lipinski definition) is 7. The summed E-state index contributed by atoms with van der Waals surface area (Å²) >= 11 is 0. The van der Waals surface area contributed by atoms with Crippen molar-refractivity contribution in [3.05, 3.63) is 35.4 Å². The molecule has 1 heterocycles. The third-order valence-corrected chi connectivity index (χ3v) is 13.6. The molecule has 3 saturated carbocycles. The summed E-state index contributed by atoms with van der Waals surface area (Å²) in [5.74, 6) is -3.00. The molecular formula is C37H54O10. The zero-order chi connectivity index (χ0) is 34.4. The fraction of sp³-hybridized carbons (Fsp3) is 0.757. The first kappa shape index (κ1) is 34.8. The molecule has 262 valence electrons. The number of hydrogen-bond acceptors (Lipinski definition) is 10. The smallest absolute Gasteiger partial charge is 0.160 e. The van der Waals surface area contributed by atoms with Crippen LogP contribution in [0.2, 0.25) is 0 Å². The molecular weight excluding hydrogens is 604 g/mol. The zero-order valence-electron chi connectivity index (χ0n) is 28.5. The minimum atomic E-state index is -1.45. The Hall–Kier alpha value is -2.05. The number of carbonyl (C=O) groups is 1. The number of fused-ring (bicyclic) bond motifs is 7. The number of ether oxygens (including phenoxy) is 2. The third kappa shape index (κ3) is 4.95. The molecule has 47 heavy (non-hydrogen) atoms. The molecule has 1 aromatic carbocycles. The van der Waals surface area contributed by atoms with Crippen LogP contribution in [0.1, 0.15) is 85.1 Å². The molecule has 10 heteroatoms. The molecule has 14 atom stereocenters. The molecule has 4 fully saturated rings. The quantitative estimate of drug-likeness (QED) is 0.162. The highest BCUT2D eigenvalue weighted by atomic mass is 16.5. The number of aliphatic hydroxyl groups is 5. The zero-order valence-corrected chi connectivity index (χ0v) is 28.5. The van der Waals surface area contributed by atoms with Gasteiger partial charge in [-0.2, -0.15) is 0 Å². The van der Waals surface area contributed by atoms with Crippen molar-refractivity contribution in [3.63, 3.8) is 0 Å². The predicted molar refractivity (Wildman–Crippen MR) is 172 cm³/mol. The summed E-state index contributed by atoms with van der Waals surface area (Å²) in [5.41, 5.74) is -3.33. The maximum Gasteiger partial charge on any atom is 0.160 e. The average molecular weight is 659 g/mol. The highest BCUT2D eigenvalue weighted by Crippen LogP contribution is 2.71. The Morgan fingerprint density at radius 2 is 1.77 bits per heavy atom. The van der Waals surface area contributed by atoms with Crippen LogP contribution >= 0.6 is 0 Å². The number of phenolic OH excluding ortho intramolecular Hbond substituents is 2. The molecule has 6 rings (SSSR count). The molecule has 1 aliphatic heterocycles. The summed E-state index contributed by atoms with van der Waals surface area (Å²) in [6.07, 6.45) is -0.339. The van der Waals surface area contributed by atoms with Gasteiger partial charge in [-0.3, -0.25) is 4.79 Å². The summed E-state index contributed by atoms with van der Waals surface area (Å²) in [7, 11) is 0. The van der Waals surface area contributed by atoms with Gasteiger partial charge in [-0.05, 0) is 85.1 Å². The van der Waals surface area contributed by atoms with E-state index in [2.05, 4.69) is 0 Å².